The SMILES string of the molecule is Cc1c(CN(C)C(=O)/C=C/c2cnc3c(c2)CCC(N)C(=O)N3)oc2c(F)cccc12.Cl. The molecule has 1 unspecified atom stereocenters. The van der Waals surface area contributed by atoms with Crippen LogP contribution in [0.3, 0.4) is 0 Å². The maximum absolute atomic E-state index is 14.0. The number of pyridine rings is 1. The summed E-state index contributed by atoms with van der Waals surface area (Å²) in [5.41, 5.74) is 8.44. The van der Waals surface area contributed by atoms with Gasteiger partial charge in [0.05, 0.1) is 12.6 Å². The Hall–Kier alpha value is -3.23. The zero-order chi connectivity index (χ0) is 22.1. The number of halogens is 2. The van der Waals surface area contributed by atoms with Crippen LogP contribution in [0.1, 0.15) is 28.9 Å². The number of nitrogens with one attached hydrogen (secondary N) is 1. The van der Waals surface area contributed by atoms with E-state index in [4.69, 9.17) is 10.2 Å². The zero-order valence-corrected chi connectivity index (χ0v) is 18.5. The number of rotatable bonds is 4. The van der Waals surface area contributed by atoms with Gasteiger partial charge in [0.2, 0.25) is 11.8 Å². The van der Waals surface area contributed by atoms with E-state index in [-0.39, 0.29) is 36.3 Å². The first-order valence-electron chi connectivity index (χ1n) is 9.98. The summed E-state index contributed by atoms with van der Waals surface area (Å²) in [5.74, 6) is 0.153. The number of carbonyl (C=O) groups excluding carboxylic acids is 2. The van der Waals surface area contributed by atoms with Crippen molar-refractivity contribution in [1.29, 1.82) is 0 Å². The molecular formula is C23H24ClFN4O3. The van der Waals surface area contributed by atoms with Crippen LogP contribution in [0.5, 0.6) is 0 Å². The number of amides is 2. The molecule has 3 aromatic rings. The van der Waals surface area contributed by atoms with Crippen LogP contribution in [0, 0.1) is 12.7 Å². The number of para-hydroxylation sites is 1. The molecule has 2 aromatic heterocycles. The van der Waals surface area contributed by atoms with Crippen molar-refractivity contribution < 1.29 is 18.4 Å². The summed E-state index contributed by atoms with van der Waals surface area (Å²) in [6.07, 6.45) is 5.87. The van der Waals surface area contributed by atoms with Crippen molar-refractivity contribution >= 4 is 47.1 Å². The Kier molecular flexibility index (Phi) is 6.96. The van der Waals surface area contributed by atoms with Crippen LogP contribution in [-0.4, -0.2) is 34.8 Å². The smallest absolute Gasteiger partial charge is 0.246 e. The Morgan fingerprint density at radius 2 is 2.22 bits per heavy atom. The molecule has 4 rings (SSSR count). The minimum Gasteiger partial charge on any atom is -0.456 e. The molecular weight excluding hydrogens is 435 g/mol. The molecule has 32 heavy (non-hydrogen) atoms. The lowest BCUT2D eigenvalue weighted by molar-refractivity contribution is -0.125. The van der Waals surface area contributed by atoms with Crippen molar-refractivity contribution in [2.45, 2.75) is 32.4 Å². The summed E-state index contributed by atoms with van der Waals surface area (Å²) in [5, 5.41) is 3.42. The van der Waals surface area contributed by atoms with Crippen molar-refractivity contribution in [3.63, 3.8) is 0 Å². The van der Waals surface area contributed by atoms with Crippen LogP contribution in [0.4, 0.5) is 10.2 Å². The lowest BCUT2D eigenvalue weighted by atomic mass is 10.1. The molecule has 2 amide bonds. The van der Waals surface area contributed by atoms with Crippen molar-refractivity contribution in [2.75, 3.05) is 12.4 Å². The van der Waals surface area contributed by atoms with Crippen molar-refractivity contribution in [2.24, 2.45) is 5.73 Å². The average molecular weight is 459 g/mol. The van der Waals surface area contributed by atoms with E-state index in [0.29, 0.717) is 29.8 Å². The molecule has 9 heteroatoms. The first-order valence-corrected chi connectivity index (χ1v) is 9.98. The standard InChI is InChI=1S/C23H23FN4O3.ClH/c1-13-16-4-3-5-17(24)21(16)31-19(13)12-28(2)20(29)9-6-14-10-15-7-8-18(25)23(30)27-22(15)26-11-14;/h3-6,9-11,18H,7-8,12,25H2,1-2H3,(H,26,27,30);1H/b9-6+;. The number of aromatic nitrogens is 1. The van der Waals surface area contributed by atoms with Gasteiger partial charge in [0.1, 0.15) is 11.6 Å². The Labute approximate surface area is 190 Å². The van der Waals surface area contributed by atoms with Crippen LogP contribution in [0.2, 0.25) is 0 Å². The van der Waals surface area contributed by atoms with Crippen molar-refractivity contribution in [1.82, 2.24) is 9.88 Å². The van der Waals surface area contributed by atoms with E-state index in [1.165, 1.54) is 17.0 Å². The Balaban J connectivity index is 0.00000289. The Bertz CT molecular complexity index is 1210. The normalized spacial score (nSPS) is 15.8. The van der Waals surface area contributed by atoms with E-state index >= 15 is 0 Å². The number of anilines is 1. The van der Waals surface area contributed by atoms with E-state index < -0.39 is 11.9 Å². The van der Waals surface area contributed by atoms with E-state index in [1.54, 1.807) is 31.5 Å². The third kappa shape index (κ3) is 4.66. The second kappa shape index (κ2) is 9.50. The molecule has 3 N–H and O–H groups in total. The Morgan fingerprint density at radius 1 is 1.44 bits per heavy atom. The summed E-state index contributed by atoms with van der Waals surface area (Å²) in [6, 6.07) is 6.11. The van der Waals surface area contributed by atoms with E-state index in [2.05, 4.69) is 10.3 Å². The molecule has 0 radical (unpaired) electrons. The van der Waals surface area contributed by atoms with Crippen molar-refractivity contribution in [3.8, 4) is 0 Å². The highest BCUT2D eigenvalue weighted by atomic mass is 35.5. The highest BCUT2D eigenvalue weighted by molar-refractivity contribution is 5.95. The summed E-state index contributed by atoms with van der Waals surface area (Å²) in [6.45, 7) is 2.07. The number of carbonyl (C=O) groups is 2. The van der Waals surface area contributed by atoms with Crippen LogP contribution < -0.4 is 11.1 Å². The molecule has 0 spiro atoms. The molecule has 0 saturated heterocycles. The number of nitrogens with two attached hydrogens (primary N) is 1. The highest BCUT2D eigenvalue weighted by Crippen LogP contribution is 2.28. The summed E-state index contributed by atoms with van der Waals surface area (Å²) < 4.78 is 19.6. The minimum atomic E-state index is -0.557. The average Bonchev–Trinajstić information content (AvgIpc) is 2.99. The van der Waals surface area contributed by atoms with Gasteiger partial charge in [0, 0.05) is 30.3 Å². The van der Waals surface area contributed by atoms with Gasteiger partial charge >= 0.3 is 0 Å². The van der Waals surface area contributed by atoms with E-state index in [1.807, 2.05) is 13.0 Å². The van der Waals surface area contributed by atoms with E-state index in [0.717, 1.165) is 16.7 Å². The molecule has 0 saturated carbocycles. The molecule has 0 fully saturated rings. The van der Waals surface area contributed by atoms with Gasteiger partial charge in [0.25, 0.3) is 0 Å². The first-order chi connectivity index (χ1) is 14.8. The van der Waals surface area contributed by atoms with Crippen LogP contribution in [0.25, 0.3) is 17.0 Å². The molecule has 168 valence electrons. The second-order valence-corrected chi connectivity index (χ2v) is 7.71. The Morgan fingerprint density at radius 3 is 2.97 bits per heavy atom. The third-order valence-electron chi connectivity index (χ3n) is 5.48. The van der Waals surface area contributed by atoms with Crippen molar-refractivity contribution in [3.05, 3.63) is 64.8 Å². The molecule has 7 nitrogen and oxygen atoms in total. The number of furan rings is 1. The predicted molar refractivity (Wildman–Crippen MR) is 123 cm³/mol. The number of nitrogens with zero attached hydrogens (tertiary/aromatic N) is 2. The fourth-order valence-corrected chi connectivity index (χ4v) is 3.57. The van der Waals surface area contributed by atoms with Gasteiger partial charge in [0.15, 0.2) is 11.4 Å². The number of benzene rings is 1. The number of fused-ring (bicyclic) bond motifs is 2. The lowest BCUT2D eigenvalue weighted by Crippen LogP contribution is -2.34. The van der Waals surface area contributed by atoms with Gasteiger partial charge in [-0.2, -0.15) is 0 Å². The molecule has 3 heterocycles. The fraction of sp³-hybridized carbons (Fsp3) is 0.261. The predicted octanol–water partition coefficient (Wildman–Crippen LogP) is 3.58. The number of aryl methyl sites for hydroxylation is 2. The van der Waals surface area contributed by atoms with Crippen LogP contribution in [-0.2, 0) is 22.6 Å². The van der Waals surface area contributed by atoms with Gasteiger partial charge in [-0.15, -0.1) is 12.4 Å². The largest absolute Gasteiger partial charge is 0.456 e. The molecule has 1 aromatic carbocycles. The number of hydrogen-bond acceptors (Lipinski definition) is 5. The molecule has 1 atom stereocenters. The summed E-state index contributed by atoms with van der Waals surface area (Å²) >= 11 is 0. The topological polar surface area (TPSA) is 101 Å². The maximum atomic E-state index is 14.0. The van der Waals surface area contributed by atoms with Gasteiger partial charge in [-0.25, -0.2) is 9.37 Å². The third-order valence-corrected chi connectivity index (χ3v) is 5.48. The first kappa shape index (κ1) is 23.4. The monoisotopic (exact) mass is 458 g/mol. The van der Waals surface area contributed by atoms with Gasteiger partial charge in [-0.05, 0) is 49.1 Å². The van der Waals surface area contributed by atoms with Crippen LogP contribution in [0.15, 0.2) is 41.0 Å². The summed E-state index contributed by atoms with van der Waals surface area (Å²) in [7, 11) is 1.65. The summed E-state index contributed by atoms with van der Waals surface area (Å²) in [4.78, 5) is 30.2. The fourth-order valence-electron chi connectivity index (χ4n) is 3.57. The van der Waals surface area contributed by atoms with E-state index in [9.17, 15) is 14.0 Å². The molecule has 1 aliphatic heterocycles. The zero-order valence-electron chi connectivity index (χ0n) is 17.7. The van der Waals surface area contributed by atoms with Gasteiger partial charge < -0.3 is 20.4 Å². The lowest BCUT2D eigenvalue weighted by Gasteiger charge is -2.14. The molecule has 0 aliphatic carbocycles. The number of likely N-dealkylation sites (N-methyl/N-ethyl adjacent to an activating group) is 1. The maximum Gasteiger partial charge on any atom is 0.246 e. The highest BCUT2D eigenvalue weighted by Gasteiger charge is 2.21. The minimum absolute atomic E-state index is 0. The van der Waals surface area contributed by atoms with Gasteiger partial charge in [-0.3, -0.25) is 9.59 Å². The molecule has 1 aliphatic rings. The quantitative estimate of drug-likeness (QED) is 0.582. The number of hydrogen-bond donors (Lipinski definition) is 2. The van der Waals surface area contributed by atoms with Crippen LogP contribution >= 0.6 is 12.4 Å². The van der Waals surface area contributed by atoms with Gasteiger partial charge in [-0.1, -0.05) is 12.1 Å². The molecule has 0 bridgehead atoms. The second-order valence-electron chi connectivity index (χ2n) is 7.71.